The molecule has 2 aromatic rings. The molecule has 0 aliphatic carbocycles. The van der Waals surface area contributed by atoms with Gasteiger partial charge in [0.2, 0.25) is 5.91 Å². The number of carbonyl (C=O) groups excluding carboxylic acids is 2. The fourth-order valence-electron chi connectivity index (χ4n) is 3.13. The Kier molecular flexibility index (Phi) is 5.31. The number of hydrogen-bond acceptors (Lipinski definition) is 2. The molecule has 2 aromatic carbocycles. The number of amides is 3. The third-order valence-corrected chi connectivity index (χ3v) is 4.74. The fourth-order valence-corrected chi connectivity index (χ4v) is 3.13. The molecule has 1 saturated heterocycles. The summed E-state index contributed by atoms with van der Waals surface area (Å²) >= 11 is 0. The van der Waals surface area contributed by atoms with Gasteiger partial charge in [-0.2, -0.15) is 13.2 Å². The summed E-state index contributed by atoms with van der Waals surface area (Å²) in [6, 6.07) is 9.12. The van der Waals surface area contributed by atoms with Crippen molar-refractivity contribution in [2.45, 2.75) is 32.5 Å². The first-order valence-electron chi connectivity index (χ1n) is 8.76. The number of alkyl halides is 3. The van der Waals surface area contributed by atoms with E-state index in [1.165, 1.54) is 18.2 Å². The van der Waals surface area contributed by atoms with Gasteiger partial charge in [0.1, 0.15) is 0 Å². The minimum atomic E-state index is -4.58. The molecule has 28 heavy (non-hydrogen) atoms. The van der Waals surface area contributed by atoms with Crippen LogP contribution in [0.25, 0.3) is 0 Å². The average Bonchev–Trinajstić information content (AvgIpc) is 2.97. The molecule has 1 fully saturated rings. The lowest BCUT2D eigenvalue weighted by atomic mass is 10.1. The Morgan fingerprint density at radius 1 is 1.11 bits per heavy atom. The highest BCUT2D eigenvalue weighted by molar-refractivity contribution is 5.98. The maximum atomic E-state index is 13.0. The van der Waals surface area contributed by atoms with E-state index in [2.05, 4.69) is 10.6 Å². The van der Waals surface area contributed by atoms with E-state index in [4.69, 9.17) is 0 Å². The van der Waals surface area contributed by atoms with Crippen LogP contribution in [0, 0.1) is 13.8 Å². The summed E-state index contributed by atoms with van der Waals surface area (Å²) in [4.78, 5) is 26.1. The molecule has 0 spiro atoms. The average molecular weight is 391 g/mol. The monoisotopic (exact) mass is 391 g/mol. The lowest BCUT2D eigenvalue weighted by molar-refractivity contribution is -0.136. The van der Waals surface area contributed by atoms with Gasteiger partial charge in [-0.3, -0.25) is 4.79 Å². The Morgan fingerprint density at radius 3 is 2.50 bits per heavy atom. The van der Waals surface area contributed by atoms with E-state index in [0.717, 1.165) is 22.9 Å². The molecule has 2 N–H and O–H groups in total. The quantitative estimate of drug-likeness (QED) is 0.822. The third kappa shape index (κ3) is 4.27. The highest BCUT2D eigenvalue weighted by Crippen LogP contribution is 2.34. The van der Waals surface area contributed by atoms with Crippen molar-refractivity contribution in [3.8, 4) is 0 Å². The molecule has 148 valence electrons. The predicted octanol–water partition coefficient (Wildman–Crippen LogP) is 4.25. The molecular weight excluding hydrogens is 371 g/mol. The molecule has 0 aromatic heterocycles. The zero-order valence-corrected chi connectivity index (χ0v) is 15.4. The molecule has 0 saturated carbocycles. The first kappa shape index (κ1) is 19.7. The van der Waals surface area contributed by atoms with Crippen molar-refractivity contribution in [3.05, 3.63) is 59.2 Å². The van der Waals surface area contributed by atoms with Crippen LogP contribution >= 0.6 is 0 Å². The summed E-state index contributed by atoms with van der Waals surface area (Å²) < 4.78 is 39.1. The van der Waals surface area contributed by atoms with Crippen LogP contribution in [0.1, 0.15) is 23.1 Å². The highest BCUT2D eigenvalue weighted by Gasteiger charge is 2.35. The van der Waals surface area contributed by atoms with Gasteiger partial charge in [-0.15, -0.1) is 0 Å². The lowest BCUT2D eigenvalue weighted by Gasteiger charge is -2.19. The summed E-state index contributed by atoms with van der Waals surface area (Å²) in [6.07, 6.45) is -4.49. The van der Waals surface area contributed by atoms with E-state index in [9.17, 15) is 22.8 Å². The maximum Gasteiger partial charge on any atom is 0.418 e. The van der Waals surface area contributed by atoms with Gasteiger partial charge >= 0.3 is 12.2 Å². The zero-order valence-electron chi connectivity index (χ0n) is 15.4. The number of para-hydroxylation sites is 1. The van der Waals surface area contributed by atoms with E-state index in [-0.39, 0.29) is 24.6 Å². The molecule has 8 heteroatoms. The number of nitrogens with one attached hydrogen (secondary N) is 2. The Bertz CT molecular complexity index is 912. The molecule has 1 unspecified atom stereocenters. The number of benzene rings is 2. The zero-order chi connectivity index (χ0) is 20.5. The van der Waals surface area contributed by atoms with Gasteiger partial charge in [-0.05, 0) is 49.2 Å². The molecule has 3 rings (SSSR count). The number of carbonyl (C=O) groups is 2. The van der Waals surface area contributed by atoms with Gasteiger partial charge < -0.3 is 15.5 Å². The van der Waals surface area contributed by atoms with Crippen LogP contribution in [0.2, 0.25) is 0 Å². The molecule has 0 bridgehead atoms. The van der Waals surface area contributed by atoms with E-state index in [1.54, 1.807) is 4.90 Å². The highest BCUT2D eigenvalue weighted by atomic mass is 19.4. The number of urea groups is 1. The van der Waals surface area contributed by atoms with Crippen molar-refractivity contribution in [1.29, 1.82) is 0 Å². The minimum absolute atomic E-state index is 0.0846. The van der Waals surface area contributed by atoms with Crippen molar-refractivity contribution in [2.75, 3.05) is 16.8 Å². The van der Waals surface area contributed by atoms with Gasteiger partial charge in [0.25, 0.3) is 0 Å². The van der Waals surface area contributed by atoms with Crippen molar-refractivity contribution >= 4 is 23.3 Å². The number of aryl methyl sites for hydroxylation is 2. The largest absolute Gasteiger partial charge is 0.418 e. The van der Waals surface area contributed by atoms with Crippen LogP contribution in [-0.4, -0.2) is 24.5 Å². The van der Waals surface area contributed by atoms with Crippen LogP contribution in [0.3, 0.4) is 0 Å². The first-order chi connectivity index (χ1) is 13.1. The number of nitrogens with zero attached hydrogens (tertiary/aromatic N) is 1. The summed E-state index contributed by atoms with van der Waals surface area (Å²) in [5.41, 5.74) is 1.63. The number of halogens is 3. The molecule has 1 atom stereocenters. The molecule has 0 radical (unpaired) electrons. The van der Waals surface area contributed by atoms with Crippen LogP contribution in [0.4, 0.5) is 29.3 Å². The number of rotatable bonds is 3. The summed E-state index contributed by atoms with van der Waals surface area (Å²) in [6.45, 7) is 4.18. The van der Waals surface area contributed by atoms with Crippen LogP contribution in [0.5, 0.6) is 0 Å². The Balaban J connectivity index is 1.66. The van der Waals surface area contributed by atoms with Crippen molar-refractivity contribution in [3.63, 3.8) is 0 Å². The van der Waals surface area contributed by atoms with E-state index < -0.39 is 23.8 Å². The Morgan fingerprint density at radius 2 is 1.82 bits per heavy atom. The van der Waals surface area contributed by atoms with Crippen LogP contribution in [0.15, 0.2) is 42.5 Å². The van der Waals surface area contributed by atoms with E-state index >= 15 is 0 Å². The third-order valence-electron chi connectivity index (χ3n) is 4.74. The molecule has 1 aliphatic rings. The number of hydrogen-bond donors (Lipinski definition) is 2. The normalized spacial score (nSPS) is 17.0. The van der Waals surface area contributed by atoms with Crippen LogP contribution in [-0.2, 0) is 11.0 Å². The smallest absolute Gasteiger partial charge is 0.333 e. The summed E-state index contributed by atoms with van der Waals surface area (Å²) in [7, 11) is 0. The van der Waals surface area contributed by atoms with Crippen LogP contribution < -0.4 is 15.5 Å². The molecule has 1 aliphatic heterocycles. The first-order valence-corrected chi connectivity index (χ1v) is 8.76. The van der Waals surface area contributed by atoms with Gasteiger partial charge in [0, 0.05) is 18.7 Å². The standard InChI is InChI=1S/C20H20F3N3O2/c1-12-7-8-15(9-13(12)2)26-11-14(10-18(26)27)24-19(28)25-17-6-4-3-5-16(17)20(21,22)23/h3-9,14H,10-11H2,1-2H3,(H2,24,25,28). The molecule has 3 amide bonds. The Hall–Kier alpha value is -3.03. The van der Waals surface area contributed by atoms with E-state index in [1.807, 2.05) is 32.0 Å². The second-order valence-electron chi connectivity index (χ2n) is 6.82. The van der Waals surface area contributed by atoms with Gasteiger partial charge in [0.15, 0.2) is 0 Å². The van der Waals surface area contributed by atoms with Gasteiger partial charge in [0.05, 0.1) is 17.3 Å². The van der Waals surface area contributed by atoms with Crippen molar-refractivity contribution in [1.82, 2.24) is 5.32 Å². The minimum Gasteiger partial charge on any atom is -0.333 e. The maximum absolute atomic E-state index is 13.0. The van der Waals surface area contributed by atoms with Gasteiger partial charge in [-0.25, -0.2) is 4.79 Å². The second-order valence-corrected chi connectivity index (χ2v) is 6.82. The fraction of sp³-hybridized carbons (Fsp3) is 0.300. The second kappa shape index (κ2) is 7.53. The van der Waals surface area contributed by atoms with Gasteiger partial charge in [-0.1, -0.05) is 18.2 Å². The molecule has 1 heterocycles. The Labute approximate surface area is 160 Å². The molecule has 5 nitrogen and oxygen atoms in total. The predicted molar refractivity (Wildman–Crippen MR) is 100 cm³/mol. The van der Waals surface area contributed by atoms with E-state index in [0.29, 0.717) is 0 Å². The topological polar surface area (TPSA) is 61.4 Å². The number of anilines is 2. The SMILES string of the molecule is Cc1ccc(N2CC(NC(=O)Nc3ccccc3C(F)(F)F)CC2=O)cc1C. The van der Waals surface area contributed by atoms with Crippen molar-refractivity contribution in [2.24, 2.45) is 0 Å². The lowest BCUT2D eigenvalue weighted by Crippen LogP contribution is -2.40. The molecular formula is C20H20F3N3O2. The summed E-state index contributed by atoms with van der Waals surface area (Å²) in [5, 5.41) is 4.81. The summed E-state index contributed by atoms with van der Waals surface area (Å²) in [5.74, 6) is -0.149. The van der Waals surface area contributed by atoms with Crippen molar-refractivity contribution < 1.29 is 22.8 Å².